The average Bonchev–Trinajstić information content (AvgIpc) is 2.50. The Kier molecular flexibility index (Phi) is 5.80. The van der Waals surface area contributed by atoms with Crippen molar-refractivity contribution in [1.82, 2.24) is 0 Å². The van der Waals surface area contributed by atoms with E-state index in [1.807, 2.05) is 56.3 Å². The number of hydrogen-bond acceptors (Lipinski definition) is 2. The van der Waals surface area contributed by atoms with Crippen molar-refractivity contribution in [2.75, 3.05) is 10.8 Å². The summed E-state index contributed by atoms with van der Waals surface area (Å²) < 4.78 is 34.4. The highest BCUT2D eigenvalue weighted by atomic mass is 32.2. The number of aryl methyl sites for hydroxylation is 1. The van der Waals surface area contributed by atoms with Gasteiger partial charge in [-0.3, -0.25) is 4.55 Å². The van der Waals surface area contributed by atoms with Gasteiger partial charge in [0.2, 0.25) is 0 Å². The van der Waals surface area contributed by atoms with Crippen LogP contribution in [0.5, 0.6) is 0 Å². The van der Waals surface area contributed by atoms with Gasteiger partial charge in [0.1, 0.15) is 0 Å². The van der Waals surface area contributed by atoms with Crippen LogP contribution in [0.4, 0.5) is 5.69 Å². The predicted molar refractivity (Wildman–Crippen MR) is 94.2 cm³/mol. The Hall–Kier alpha value is -1.85. The molecule has 4 nitrogen and oxygen atoms in total. The number of nitrogens with zero attached hydrogens (tertiary/aromatic N) is 1. The second kappa shape index (κ2) is 7.62. The zero-order chi connectivity index (χ0) is 16.9. The van der Waals surface area contributed by atoms with Crippen molar-refractivity contribution in [1.29, 1.82) is 0 Å². The molecule has 23 heavy (non-hydrogen) atoms. The van der Waals surface area contributed by atoms with Crippen molar-refractivity contribution in [3.05, 3.63) is 65.2 Å². The van der Waals surface area contributed by atoms with E-state index in [1.165, 1.54) is 0 Å². The molecule has 0 spiro atoms. The Bertz CT molecular complexity index is 742. The van der Waals surface area contributed by atoms with Crippen LogP contribution in [0.15, 0.2) is 48.5 Å². The normalized spacial score (nSPS) is 11.4. The minimum atomic E-state index is -4.29. The summed E-state index contributed by atoms with van der Waals surface area (Å²) in [5, 5.41) is 0. The van der Waals surface area contributed by atoms with Crippen molar-refractivity contribution in [3.8, 4) is 0 Å². The summed E-state index contributed by atoms with van der Waals surface area (Å²) in [5.41, 5.74) is 3.60. The smallest absolute Gasteiger partial charge is 0.269 e. The van der Waals surface area contributed by atoms with Gasteiger partial charge in [-0.15, -0.1) is 0 Å². The van der Waals surface area contributed by atoms with E-state index in [-0.39, 0.29) is 6.54 Å². The van der Waals surface area contributed by atoms with E-state index in [0.717, 1.165) is 27.4 Å². The molecule has 0 aliphatic carbocycles. The van der Waals surface area contributed by atoms with Crippen molar-refractivity contribution in [3.63, 3.8) is 0 Å². The molecule has 0 saturated carbocycles. The van der Waals surface area contributed by atoms with Crippen LogP contribution in [0.2, 0.25) is 0 Å². The van der Waals surface area contributed by atoms with Gasteiger partial charge in [0, 0.05) is 6.54 Å². The number of benzene rings is 2. The highest BCUT2D eigenvalue weighted by molar-refractivity contribution is 7.87. The molecule has 2 aromatic rings. The van der Waals surface area contributed by atoms with Crippen molar-refractivity contribution >= 4 is 16.0 Å². The maximum absolute atomic E-state index is 11.8. The van der Waals surface area contributed by atoms with E-state index >= 15 is 0 Å². The topological polar surface area (TPSA) is 57.6 Å². The van der Waals surface area contributed by atoms with Crippen LogP contribution >= 0.6 is 0 Å². The van der Waals surface area contributed by atoms with Gasteiger partial charge >= 0.3 is 10.3 Å². The van der Waals surface area contributed by atoms with Crippen molar-refractivity contribution in [2.45, 2.75) is 33.1 Å². The third-order valence-corrected chi connectivity index (χ3v) is 4.81. The van der Waals surface area contributed by atoms with Crippen LogP contribution in [0.3, 0.4) is 0 Å². The van der Waals surface area contributed by atoms with Crippen molar-refractivity contribution < 1.29 is 13.0 Å². The zero-order valence-corrected chi connectivity index (χ0v) is 14.4. The Morgan fingerprint density at radius 2 is 1.74 bits per heavy atom. The Morgan fingerprint density at radius 3 is 2.35 bits per heavy atom. The lowest BCUT2D eigenvalue weighted by Crippen LogP contribution is -2.32. The van der Waals surface area contributed by atoms with Crippen LogP contribution < -0.4 is 4.31 Å². The summed E-state index contributed by atoms with van der Waals surface area (Å²) in [6, 6.07) is 15.5. The van der Waals surface area contributed by atoms with Gasteiger partial charge in [0.15, 0.2) is 0 Å². The molecular formula is C18H23NO3S. The number of rotatable bonds is 7. The monoisotopic (exact) mass is 333 g/mol. The zero-order valence-electron chi connectivity index (χ0n) is 13.6. The molecule has 0 amide bonds. The standard InChI is InChI=1S/C18H23NO3S/c1-3-4-13-19(23(20,21)22)18-12-8-9-15(2)17(18)14-16-10-6-5-7-11-16/h5-12H,3-4,13-14H2,1-2H3,(H,20,21,22). The molecule has 5 heteroatoms. The SMILES string of the molecule is CCCCN(c1cccc(C)c1Cc1ccccc1)S(=O)(=O)O. The summed E-state index contributed by atoms with van der Waals surface area (Å²) >= 11 is 0. The first-order valence-electron chi connectivity index (χ1n) is 7.81. The quantitative estimate of drug-likeness (QED) is 0.779. The highest BCUT2D eigenvalue weighted by Gasteiger charge is 2.22. The lowest BCUT2D eigenvalue weighted by atomic mass is 9.98. The van der Waals surface area contributed by atoms with Gasteiger partial charge in [0.25, 0.3) is 0 Å². The second-order valence-corrected chi connectivity index (χ2v) is 6.97. The predicted octanol–water partition coefficient (Wildman–Crippen LogP) is 4.00. The molecule has 0 atom stereocenters. The van der Waals surface area contributed by atoms with E-state index in [9.17, 15) is 13.0 Å². The molecule has 0 radical (unpaired) electrons. The first kappa shape index (κ1) is 17.5. The van der Waals surface area contributed by atoms with Gasteiger partial charge in [-0.1, -0.05) is 55.8 Å². The summed E-state index contributed by atoms with van der Waals surface area (Å²) in [5.74, 6) is 0. The molecule has 0 saturated heterocycles. The summed E-state index contributed by atoms with van der Waals surface area (Å²) in [6.45, 7) is 4.23. The largest absolute Gasteiger partial charge is 0.359 e. The molecule has 2 rings (SSSR count). The summed E-state index contributed by atoms with van der Waals surface area (Å²) in [4.78, 5) is 0. The van der Waals surface area contributed by atoms with Crippen LogP contribution in [0.1, 0.15) is 36.5 Å². The molecule has 0 unspecified atom stereocenters. The fraction of sp³-hybridized carbons (Fsp3) is 0.333. The Morgan fingerprint density at radius 1 is 1.04 bits per heavy atom. The molecule has 0 heterocycles. The van der Waals surface area contributed by atoms with Gasteiger partial charge in [-0.25, -0.2) is 4.31 Å². The van der Waals surface area contributed by atoms with Crippen molar-refractivity contribution in [2.24, 2.45) is 0 Å². The van der Waals surface area contributed by atoms with Gasteiger partial charge in [-0.2, -0.15) is 8.42 Å². The first-order chi connectivity index (χ1) is 10.9. The lowest BCUT2D eigenvalue weighted by Gasteiger charge is -2.24. The van der Waals surface area contributed by atoms with Gasteiger partial charge < -0.3 is 0 Å². The fourth-order valence-corrected chi connectivity index (χ4v) is 3.39. The van der Waals surface area contributed by atoms with Crippen LogP contribution in [0.25, 0.3) is 0 Å². The summed E-state index contributed by atoms with van der Waals surface area (Å²) in [6.07, 6.45) is 2.17. The Balaban J connectivity index is 2.46. The van der Waals surface area contributed by atoms with E-state index in [0.29, 0.717) is 18.5 Å². The van der Waals surface area contributed by atoms with Crippen LogP contribution in [-0.2, 0) is 16.7 Å². The van der Waals surface area contributed by atoms with E-state index < -0.39 is 10.3 Å². The first-order valence-corrected chi connectivity index (χ1v) is 9.20. The minimum absolute atomic E-state index is 0.278. The third-order valence-electron chi connectivity index (χ3n) is 3.87. The third kappa shape index (κ3) is 4.56. The van der Waals surface area contributed by atoms with E-state index in [4.69, 9.17) is 0 Å². The molecule has 0 bridgehead atoms. The van der Waals surface area contributed by atoms with Gasteiger partial charge in [-0.05, 0) is 42.5 Å². The number of unbranched alkanes of at least 4 members (excludes halogenated alkanes) is 1. The molecule has 1 N–H and O–H groups in total. The molecule has 0 fully saturated rings. The van der Waals surface area contributed by atoms with Crippen LogP contribution in [0, 0.1) is 6.92 Å². The fourth-order valence-electron chi connectivity index (χ4n) is 2.61. The molecular weight excluding hydrogens is 310 g/mol. The number of hydrogen-bond donors (Lipinski definition) is 1. The highest BCUT2D eigenvalue weighted by Crippen LogP contribution is 2.28. The molecule has 124 valence electrons. The maximum Gasteiger partial charge on any atom is 0.359 e. The average molecular weight is 333 g/mol. The van der Waals surface area contributed by atoms with E-state index in [1.54, 1.807) is 6.07 Å². The molecule has 0 aliphatic heterocycles. The molecule has 0 aliphatic rings. The lowest BCUT2D eigenvalue weighted by molar-refractivity contribution is 0.476. The maximum atomic E-state index is 11.8. The Labute approximate surface area is 138 Å². The van der Waals surface area contributed by atoms with E-state index in [2.05, 4.69) is 0 Å². The minimum Gasteiger partial charge on any atom is -0.269 e. The summed E-state index contributed by atoms with van der Waals surface area (Å²) in [7, 11) is -4.29. The molecule has 2 aromatic carbocycles. The number of anilines is 1. The van der Waals surface area contributed by atoms with Crippen LogP contribution in [-0.4, -0.2) is 19.5 Å². The molecule has 0 aromatic heterocycles. The van der Waals surface area contributed by atoms with Gasteiger partial charge in [0.05, 0.1) is 5.69 Å². The second-order valence-electron chi connectivity index (χ2n) is 5.64.